The minimum Gasteiger partial charge on any atom is -0.494 e. The lowest BCUT2D eigenvalue weighted by atomic mass is 10.1. The summed E-state index contributed by atoms with van der Waals surface area (Å²) >= 11 is 6.20. The van der Waals surface area contributed by atoms with Crippen LogP contribution in [0.1, 0.15) is 12.0 Å². The molecule has 0 atom stereocenters. The van der Waals surface area contributed by atoms with Crippen molar-refractivity contribution < 1.29 is 23.4 Å². The van der Waals surface area contributed by atoms with Crippen LogP contribution in [-0.4, -0.2) is 26.2 Å². The van der Waals surface area contributed by atoms with Crippen LogP contribution in [0.3, 0.4) is 0 Å². The Bertz CT molecular complexity index is 797. The van der Waals surface area contributed by atoms with E-state index in [1.54, 1.807) is 18.2 Å². The van der Waals surface area contributed by atoms with Crippen molar-refractivity contribution in [3.8, 4) is 17.2 Å². The normalized spacial score (nSPS) is 13.1. The molecule has 5 nitrogen and oxygen atoms in total. The zero-order valence-electron chi connectivity index (χ0n) is 13.6. The van der Waals surface area contributed by atoms with Crippen LogP contribution in [0.15, 0.2) is 30.3 Å². The number of fused-ring (bicyclic) bond motifs is 1. The molecule has 3 rings (SSSR count). The maximum absolute atomic E-state index is 13.7. The van der Waals surface area contributed by atoms with Gasteiger partial charge in [0, 0.05) is 18.6 Å². The van der Waals surface area contributed by atoms with E-state index in [4.69, 9.17) is 25.8 Å². The lowest BCUT2D eigenvalue weighted by molar-refractivity contribution is -0.115. The van der Waals surface area contributed by atoms with Crippen LogP contribution >= 0.6 is 11.6 Å². The van der Waals surface area contributed by atoms with Gasteiger partial charge < -0.3 is 19.5 Å². The maximum atomic E-state index is 13.7. The zero-order valence-corrected chi connectivity index (χ0v) is 14.4. The number of amides is 1. The Morgan fingerprint density at radius 3 is 2.64 bits per heavy atom. The van der Waals surface area contributed by atoms with E-state index < -0.39 is 5.82 Å². The smallest absolute Gasteiger partial charge is 0.228 e. The molecule has 0 bridgehead atoms. The first-order valence-electron chi connectivity index (χ1n) is 7.78. The Kier molecular flexibility index (Phi) is 5.28. The molecule has 1 aliphatic rings. The number of carbonyl (C=O) groups excluding carboxylic acids is 1. The summed E-state index contributed by atoms with van der Waals surface area (Å²) in [5.41, 5.74) is 0.950. The Morgan fingerprint density at radius 2 is 1.96 bits per heavy atom. The number of hydrogen-bond acceptors (Lipinski definition) is 4. The Labute approximate surface area is 149 Å². The fraction of sp³-hybridized carbons (Fsp3) is 0.278. The molecule has 2 aromatic rings. The summed E-state index contributed by atoms with van der Waals surface area (Å²) in [5, 5.41) is 3.06. The van der Waals surface area contributed by atoms with Gasteiger partial charge >= 0.3 is 0 Å². The monoisotopic (exact) mass is 365 g/mol. The molecule has 0 aromatic heterocycles. The van der Waals surface area contributed by atoms with Crippen molar-refractivity contribution in [2.45, 2.75) is 12.8 Å². The predicted octanol–water partition coefficient (Wildman–Crippen LogP) is 3.83. The summed E-state index contributed by atoms with van der Waals surface area (Å²) in [6.45, 7) is 1.09. The molecular weight excluding hydrogens is 349 g/mol. The van der Waals surface area contributed by atoms with Gasteiger partial charge in [0.2, 0.25) is 5.91 Å². The molecule has 25 heavy (non-hydrogen) atoms. The largest absolute Gasteiger partial charge is 0.494 e. The van der Waals surface area contributed by atoms with Crippen molar-refractivity contribution >= 4 is 23.2 Å². The van der Waals surface area contributed by atoms with E-state index in [0.29, 0.717) is 41.0 Å². The van der Waals surface area contributed by atoms with Crippen molar-refractivity contribution in [1.29, 1.82) is 0 Å². The fourth-order valence-corrected chi connectivity index (χ4v) is 2.68. The summed E-state index contributed by atoms with van der Waals surface area (Å²) in [4.78, 5) is 12.2. The van der Waals surface area contributed by atoms with E-state index in [0.717, 1.165) is 6.42 Å². The third-order valence-corrected chi connectivity index (χ3v) is 4.00. The highest BCUT2D eigenvalue weighted by Gasteiger charge is 2.16. The molecule has 1 aliphatic heterocycles. The van der Waals surface area contributed by atoms with Crippen LogP contribution in [0.2, 0.25) is 5.02 Å². The second kappa shape index (κ2) is 7.61. The first-order valence-corrected chi connectivity index (χ1v) is 8.16. The first kappa shape index (κ1) is 17.4. The van der Waals surface area contributed by atoms with E-state index >= 15 is 0 Å². The van der Waals surface area contributed by atoms with Crippen LogP contribution in [0.5, 0.6) is 17.2 Å². The van der Waals surface area contributed by atoms with Gasteiger partial charge in [0.1, 0.15) is 0 Å². The molecule has 1 amide bonds. The second-order valence-corrected chi connectivity index (χ2v) is 5.93. The molecule has 0 fully saturated rings. The number of benzene rings is 2. The van der Waals surface area contributed by atoms with Crippen molar-refractivity contribution in [3.63, 3.8) is 0 Å². The highest BCUT2D eigenvalue weighted by Crippen LogP contribution is 2.37. The molecule has 0 aliphatic carbocycles. The average Bonchev–Trinajstić information content (AvgIpc) is 2.80. The van der Waals surface area contributed by atoms with Gasteiger partial charge in [-0.15, -0.1) is 0 Å². The molecule has 0 spiro atoms. The molecular formula is C18H17ClFNO4. The van der Waals surface area contributed by atoms with Gasteiger partial charge in [-0.1, -0.05) is 17.7 Å². The van der Waals surface area contributed by atoms with Crippen molar-refractivity contribution in [2.75, 3.05) is 25.6 Å². The van der Waals surface area contributed by atoms with Crippen LogP contribution < -0.4 is 19.5 Å². The third-order valence-electron chi connectivity index (χ3n) is 3.69. The Hall–Kier alpha value is -2.47. The van der Waals surface area contributed by atoms with E-state index in [9.17, 15) is 9.18 Å². The van der Waals surface area contributed by atoms with Crippen LogP contribution in [0.25, 0.3) is 0 Å². The van der Waals surface area contributed by atoms with Gasteiger partial charge in [-0.25, -0.2) is 4.39 Å². The van der Waals surface area contributed by atoms with Gasteiger partial charge in [-0.2, -0.15) is 0 Å². The molecule has 0 saturated heterocycles. The fourth-order valence-electron chi connectivity index (χ4n) is 2.48. The molecule has 0 unspecified atom stereocenters. The molecule has 2 aromatic carbocycles. The lowest BCUT2D eigenvalue weighted by Crippen LogP contribution is -2.15. The van der Waals surface area contributed by atoms with E-state index in [1.807, 2.05) is 0 Å². The molecule has 1 heterocycles. The minimum atomic E-state index is -0.513. The van der Waals surface area contributed by atoms with Gasteiger partial charge in [0.15, 0.2) is 23.1 Å². The lowest BCUT2D eigenvalue weighted by Gasteiger charge is -2.12. The standard InChI is InChI=1S/C18H17ClFNO4/c1-23-15-4-3-11(7-13(15)20)8-18(22)21-14-10-17-16(9-12(14)19)24-5-2-6-25-17/h3-4,7,9-10H,2,5-6,8H2,1H3,(H,21,22). The average molecular weight is 366 g/mol. The van der Waals surface area contributed by atoms with Crippen LogP contribution in [0, 0.1) is 5.82 Å². The van der Waals surface area contributed by atoms with Crippen molar-refractivity contribution in [2.24, 2.45) is 0 Å². The van der Waals surface area contributed by atoms with E-state index in [2.05, 4.69) is 5.32 Å². The molecule has 1 N–H and O–H groups in total. The quantitative estimate of drug-likeness (QED) is 0.894. The summed E-state index contributed by atoms with van der Waals surface area (Å²) in [7, 11) is 1.39. The summed E-state index contributed by atoms with van der Waals surface area (Å²) < 4.78 is 29.7. The number of anilines is 1. The SMILES string of the molecule is COc1ccc(CC(=O)Nc2cc3c(cc2Cl)OCCCO3)cc1F. The molecule has 132 valence electrons. The van der Waals surface area contributed by atoms with Crippen LogP contribution in [-0.2, 0) is 11.2 Å². The number of methoxy groups -OCH3 is 1. The summed E-state index contributed by atoms with van der Waals surface area (Å²) in [5.74, 6) is 0.392. The number of carbonyl (C=O) groups is 1. The van der Waals surface area contributed by atoms with Gasteiger partial charge in [-0.3, -0.25) is 4.79 Å². The Balaban J connectivity index is 1.72. The highest BCUT2D eigenvalue weighted by atomic mass is 35.5. The third kappa shape index (κ3) is 4.14. The zero-order chi connectivity index (χ0) is 17.8. The number of halogens is 2. The topological polar surface area (TPSA) is 56.8 Å². The number of hydrogen-bond donors (Lipinski definition) is 1. The molecule has 0 saturated carbocycles. The predicted molar refractivity (Wildman–Crippen MR) is 92.3 cm³/mol. The second-order valence-electron chi connectivity index (χ2n) is 5.52. The minimum absolute atomic E-state index is 0.00564. The molecule has 7 heteroatoms. The highest BCUT2D eigenvalue weighted by molar-refractivity contribution is 6.34. The van der Waals surface area contributed by atoms with Crippen molar-refractivity contribution in [1.82, 2.24) is 0 Å². The van der Waals surface area contributed by atoms with E-state index in [1.165, 1.54) is 19.2 Å². The van der Waals surface area contributed by atoms with Crippen molar-refractivity contribution in [3.05, 3.63) is 46.7 Å². The van der Waals surface area contributed by atoms with Crippen LogP contribution in [0.4, 0.5) is 10.1 Å². The Morgan fingerprint density at radius 1 is 1.24 bits per heavy atom. The van der Waals surface area contributed by atoms with E-state index in [-0.39, 0.29) is 18.1 Å². The van der Waals surface area contributed by atoms with Gasteiger partial charge in [0.25, 0.3) is 0 Å². The first-order chi connectivity index (χ1) is 12.1. The molecule has 0 radical (unpaired) electrons. The number of ether oxygens (including phenoxy) is 3. The number of nitrogens with one attached hydrogen (secondary N) is 1. The maximum Gasteiger partial charge on any atom is 0.228 e. The summed E-state index contributed by atoms with van der Waals surface area (Å²) in [6.07, 6.45) is 0.780. The number of rotatable bonds is 4. The summed E-state index contributed by atoms with van der Waals surface area (Å²) in [6, 6.07) is 7.64. The van der Waals surface area contributed by atoms with Gasteiger partial charge in [0.05, 0.1) is 37.5 Å². The van der Waals surface area contributed by atoms with Gasteiger partial charge in [-0.05, 0) is 17.7 Å².